The summed E-state index contributed by atoms with van der Waals surface area (Å²) in [5, 5.41) is 0.512. The summed E-state index contributed by atoms with van der Waals surface area (Å²) in [5.41, 5.74) is 2.84. The van der Waals surface area contributed by atoms with Crippen LogP contribution in [-0.2, 0) is 9.59 Å². The van der Waals surface area contributed by atoms with Crippen molar-refractivity contribution < 1.29 is 14.4 Å². The van der Waals surface area contributed by atoms with Gasteiger partial charge in [-0.3, -0.25) is 14.4 Å². The van der Waals surface area contributed by atoms with Gasteiger partial charge in [-0.05, 0) is 55.8 Å². The van der Waals surface area contributed by atoms with E-state index in [-0.39, 0.29) is 18.2 Å². The number of carbonyl (C=O) groups is 3. The topological polar surface area (TPSA) is 57.7 Å². The SMILES string of the molecule is Cc1ccc(C(=O)N(C2CC(=O)N(c3ccc(Cl)cc3)C2=O)C(C)c2ccccc2)cc1. The zero-order valence-electron chi connectivity index (χ0n) is 17.9. The molecule has 1 aliphatic heterocycles. The van der Waals surface area contributed by atoms with Crippen LogP contribution in [0.2, 0.25) is 5.02 Å². The van der Waals surface area contributed by atoms with Gasteiger partial charge < -0.3 is 4.90 Å². The third-order valence-corrected chi connectivity index (χ3v) is 6.03. The number of hydrogen-bond donors (Lipinski definition) is 0. The number of rotatable bonds is 5. The molecule has 1 saturated heterocycles. The smallest absolute Gasteiger partial charge is 0.257 e. The number of nitrogens with zero attached hydrogens (tertiary/aromatic N) is 2. The van der Waals surface area contributed by atoms with Crippen molar-refractivity contribution in [3.8, 4) is 0 Å². The number of hydrogen-bond acceptors (Lipinski definition) is 3. The highest BCUT2D eigenvalue weighted by molar-refractivity contribution is 6.31. The molecule has 0 spiro atoms. The van der Waals surface area contributed by atoms with Crippen LogP contribution in [0, 0.1) is 6.92 Å². The molecule has 6 heteroatoms. The van der Waals surface area contributed by atoms with Gasteiger partial charge >= 0.3 is 0 Å². The van der Waals surface area contributed by atoms with Gasteiger partial charge in [-0.25, -0.2) is 4.90 Å². The second kappa shape index (κ2) is 8.97. The normalized spacial score (nSPS) is 16.8. The van der Waals surface area contributed by atoms with Gasteiger partial charge in [0.15, 0.2) is 0 Å². The van der Waals surface area contributed by atoms with Crippen LogP contribution >= 0.6 is 11.6 Å². The summed E-state index contributed by atoms with van der Waals surface area (Å²) in [6.07, 6.45) is -0.0732. The van der Waals surface area contributed by atoms with Crippen molar-refractivity contribution in [2.45, 2.75) is 32.4 Å². The Kier molecular flexibility index (Phi) is 6.10. The molecule has 3 aromatic rings. The standard InChI is InChI=1S/C26H23ClN2O3/c1-17-8-10-20(11-9-17)25(31)28(18(2)19-6-4-3-5-7-19)23-16-24(30)29(26(23)32)22-14-12-21(27)13-15-22/h3-15,18,23H,16H2,1-2H3. The van der Waals surface area contributed by atoms with Crippen molar-refractivity contribution >= 4 is 35.0 Å². The first-order valence-electron chi connectivity index (χ1n) is 10.4. The van der Waals surface area contributed by atoms with Crippen molar-refractivity contribution in [2.24, 2.45) is 0 Å². The summed E-state index contributed by atoms with van der Waals surface area (Å²) in [4.78, 5) is 42.6. The Labute approximate surface area is 192 Å². The lowest BCUT2D eigenvalue weighted by atomic mass is 10.0. The van der Waals surface area contributed by atoms with Crippen LogP contribution in [-0.4, -0.2) is 28.7 Å². The fourth-order valence-electron chi connectivity index (χ4n) is 4.02. The van der Waals surface area contributed by atoms with E-state index in [4.69, 9.17) is 11.6 Å². The van der Waals surface area contributed by atoms with Gasteiger partial charge in [0.05, 0.1) is 18.2 Å². The van der Waals surface area contributed by atoms with E-state index in [1.165, 1.54) is 4.90 Å². The summed E-state index contributed by atoms with van der Waals surface area (Å²) < 4.78 is 0. The number of anilines is 1. The Morgan fingerprint density at radius 1 is 0.969 bits per heavy atom. The molecule has 32 heavy (non-hydrogen) atoms. The first-order chi connectivity index (χ1) is 15.4. The maximum atomic E-state index is 13.6. The van der Waals surface area contributed by atoms with E-state index in [0.717, 1.165) is 16.0 Å². The molecule has 3 amide bonds. The van der Waals surface area contributed by atoms with Crippen molar-refractivity contribution in [3.63, 3.8) is 0 Å². The molecule has 3 aromatic carbocycles. The molecule has 0 aromatic heterocycles. The summed E-state index contributed by atoms with van der Waals surface area (Å²) in [6.45, 7) is 3.83. The summed E-state index contributed by atoms with van der Waals surface area (Å²) in [5.74, 6) is -1.05. The summed E-state index contributed by atoms with van der Waals surface area (Å²) in [6, 6.07) is 22.0. The van der Waals surface area contributed by atoms with Gasteiger partial charge in [0, 0.05) is 10.6 Å². The van der Waals surface area contributed by atoms with Crippen molar-refractivity contribution in [1.82, 2.24) is 4.90 Å². The van der Waals surface area contributed by atoms with Crippen LogP contribution in [0.15, 0.2) is 78.9 Å². The van der Waals surface area contributed by atoms with E-state index in [1.54, 1.807) is 36.4 Å². The van der Waals surface area contributed by atoms with E-state index in [1.807, 2.05) is 56.3 Å². The lowest BCUT2D eigenvalue weighted by molar-refractivity contribution is -0.122. The second-order valence-electron chi connectivity index (χ2n) is 7.93. The highest BCUT2D eigenvalue weighted by Crippen LogP contribution is 2.32. The first kappa shape index (κ1) is 21.8. The quantitative estimate of drug-likeness (QED) is 0.507. The summed E-state index contributed by atoms with van der Waals surface area (Å²) in [7, 11) is 0. The average molecular weight is 447 g/mol. The number of imide groups is 1. The maximum Gasteiger partial charge on any atom is 0.257 e. The zero-order valence-corrected chi connectivity index (χ0v) is 18.6. The average Bonchev–Trinajstić information content (AvgIpc) is 3.09. The zero-order chi connectivity index (χ0) is 22.8. The molecule has 2 atom stereocenters. The van der Waals surface area contributed by atoms with Crippen LogP contribution in [0.4, 0.5) is 5.69 Å². The van der Waals surface area contributed by atoms with Gasteiger partial charge in [0.1, 0.15) is 6.04 Å². The van der Waals surface area contributed by atoms with Crippen molar-refractivity contribution in [3.05, 3.63) is 101 Å². The van der Waals surface area contributed by atoms with Crippen molar-refractivity contribution in [2.75, 3.05) is 4.90 Å². The second-order valence-corrected chi connectivity index (χ2v) is 8.37. The lowest BCUT2D eigenvalue weighted by Gasteiger charge is -2.33. The molecule has 5 nitrogen and oxygen atoms in total. The van der Waals surface area contributed by atoms with E-state index >= 15 is 0 Å². The van der Waals surface area contributed by atoms with E-state index in [0.29, 0.717) is 16.3 Å². The molecule has 0 bridgehead atoms. The Bertz CT molecular complexity index is 1140. The summed E-state index contributed by atoms with van der Waals surface area (Å²) >= 11 is 5.96. The number of carbonyl (C=O) groups excluding carboxylic acids is 3. The van der Waals surface area contributed by atoms with Gasteiger partial charge in [-0.15, -0.1) is 0 Å². The molecule has 0 radical (unpaired) electrons. The van der Waals surface area contributed by atoms with Gasteiger partial charge in [0.2, 0.25) is 5.91 Å². The third-order valence-electron chi connectivity index (χ3n) is 5.78. The van der Waals surface area contributed by atoms with Crippen molar-refractivity contribution in [1.29, 1.82) is 0 Å². The highest BCUT2D eigenvalue weighted by atomic mass is 35.5. The van der Waals surface area contributed by atoms with E-state index < -0.39 is 18.0 Å². The first-order valence-corrected chi connectivity index (χ1v) is 10.8. The Morgan fingerprint density at radius 3 is 2.22 bits per heavy atom. The third kappa shape index (κ3) is 4.16. The Balaban J connectivity index is 1.73. The molecule has 1 aliphatic rings. The fourth-order valence-corrected chi connectivity index (χ4v) is 4.15. The molecule has 0 aliphatic carbocycles. The van der Waals surface area contributed by atoms with Gasteiger partial charge in [0.25, 0.3) is 11.8 Å². The monoisotopic (exact) mass is 446 g/mol. The minimum Gasteiger partial charge on any atom is -0.319 e. The van der Waals surface area contributed by atoms with Gasteiger partial charge in [-0.2, -0.15) is 0 Å². The highest BCUT2D eigenvalue weighted by Gasteiger charge is 2.46. The molecule has 0 N–H and O–H groups in total. The number of amides is 3. The molecule has 4 rings (SSSR count). The predicted octanol–water partition coefficient (Wildman–Crippen LogP) is 5.18. The Morgan fingerprint density at radius 2 is 1.59 bits per heavy atom. The predicted molar refractivity (Wildman–Crippen MR) is 125 cm³/mol. The molecule has 1 heterocycles. The minimum atomic E-state index is -0.901. The molecule has 0 saturated carbocycles. The largest absolute Gasteiger partial charge is 0.319 e. The molecule has 2 unspecified atom stereocenters. The molecular weight excluding hydrogens is 424 g/mol. The lowest BCUT2D eigenvalue weighted by Crippen LogP contribution is -2.46. The molecule has 1 fully saturated rings. The minimum absolute atomic E-state index is 0.0732. The van der Waals surface area contributed by atoms with Gasteiger partial charge in [-0.1, -0.05) is 59.6 Å². The number of aryl methyl sites for hydroxylation is 1. The molecule has 162 valence electrons. The molecular formula is C26H23ClN2O3. The van der Waals surface area contributed by atoms with E-state index in [9.17, 15) is 14.4 Å². The number of halogens is 1. The van der Waals surface area contributed by atoms with E-state index in [2.05, 4.69) is 0 Å². The van der Waals surface area contributed by atoms with Crippen LogP contribution in [0.5, 0.6) is 0 Å². The van der Waals surface area contributed by atoms with Crippen LogP contribution in [0.25, 0.3) is 0 Å². The van der Waals surface area contributed by atoms with Crippen LogP contribution in [0.1, 0.15) is 40.9 Å². The number of benzene rings is 3. The van der Waals surface area contributed by atoms with Crippen LogP contribution < -0.4 is 4.90 Å². The fraction of sp³-hybridized carbons (Fsp3) is 0.192. The maximum absolute atomic E-state index is 13.6. The van der Waals surface area contributed by atoms with Crippen LogP contribution in [0.3, 0.4) is 0 Å². The Hall–Kier alpha value is -3.44.